The molecule has 0 aliphatic carbocycles. The average molecular weight is 308 g/mol. The van der Waals surface area contributed by atoms with Crippen LogP contribution in [0.25, 0.3) is 0 Å². The molecule has 3 fully saturated rings. The summed E-state index contributed by atoms with van der Waals surface area (Å²) in [6, 6.07) is 0.729. The van der Waals surface area contributed by atoms with E-state index in [1.165, 1.54) is 12.8 Å². The first-order chi connectivity index (χ1) is 10.5. The van der Waals surface area contributed by atoms with E-state index in [0.29, 0.717) is 5.91 Å². The Hall–Kier alpha value is -0.650. The van der Waals surface area contributed by atoms with Crippen LogP contribution in [0.15, 0.2) is 0 Å². The van der Waals surface area contributed by atoms with Gasteiger partial charge in [-0.3, -0.25) is 9.69 Å². The summed E-state index contributed by atoms with van der Waals surface area (Å²) < 4.78 is 0. The molecule has 0 unspecified atom stereocenters. The zero-order chi connectivity index (χ0) is 15.7. The molecule has 5 heteroatoms. The number of carbonyl (C=O) groups excluding carboxylic acids is 1. The number of hydrogen-bond donors (Lipinski definition) is 1. The molecule has 0 spiro atoms. The fourth-order valence-electron chi connectivity index (χ4n) is 4.54. The number of piperidine rings is 1. The molecule has 0 radical (unpaired) electrons. The van der Waals surface area contributed by atoms with Crippen molar-refractivity contribution in [3.63, 3.8) is 0 Å². The lowest BCUT2D eigenvalue weighted by molar-refractivity contribution is -0.140. The van der Waals surface area contributed by atoms with Crippen molar-refractivity contribution < 1.29 is 4.79 Å². The highest BCUT2D eigenvalue weighted by Crippen LogP contribution is 2.35. The predicted molar refractivity (Wildman–Crippen MR) is 88.8 cm³/mol. The van der Waals surface area contributed by atoms with E-state index >= 15 is 0 Å². The molecule has 1 N–H and O–H groups in total. The minimum Gasteiger partial charge on any atom is -0.340 e. The Kier molecular flexibility index (Phi) is 4.76. The molecule has 3 aliphatic heterocycles. The van der Waals surface area contributed by atoms with Gasteiger partial charge >= 0.3 is 0 Å². The number of piperazine rings is 1. The van der Waals surface area contributed by atoms with Crippen LogP contribution in [0.1, 0.15) is 26.7 Å². The van der Waals surface area contributed by atoms with E-state index in [1.807, 2.05) is 0 Å². The summed E-state index contributed by atoms with van der Waals surface area (Å²) in [5.41, 5.74) is 0.109. The second-order valence-corrected chi connectivity index (χ2v) is 8.08. The normalized spacial score (nSPS) is 31.6. The number of amides is 1. The molecular weight excluding hydrogens is 276 g/mol. The molecule has 22 heavy (non-hydrogen) atoms. The first-order valence-electron chi connectivity index (χ1n) is 8.89. The van der Waals surface area contributed by atoms with Crippen LogP contribution in [0.4, 0.5) is 0 Å². The fourth-order valence-corrected chi connectivity index (χ4v) is 4.54. The van der Waals surface area contributed by atoms with Gasteiger partial charge in [-0.25, -0.2) is 0 Å². The maximum atomic E-state index is 12.9. The molecule has 0 bridgehead atoms. The Morgan fingerprint density at radius 2 is 1.73 bits per heavy atom. The Labute approximate surface area is 135 Å². The van der Waals surface area contributed by atoms with Crippen molar-refractivity contribution in [3.05, 3.63) is 0 Å². The van der Waals surface area contributed by atoms with Gasteiger partial charge in [0.2, 0.25) is 5.91 Å². The van der Waals surface area contributed by atoms with Crippen LogP contribution < -0.4 is 5.32 Å². The molecule has 5 nitrogen and oxygen atoms in total. The number of hydrogen-bond acceptors (Lipinski definition) is 4. The molecule has 3 aliphatic rings. The third-order valence-electron chi connectivity index (χ3n) is 5.86. The van der Waals surface area contributed by atoms with Gasteiger partial charge in [-0.1, -0.05) is 13.8 Å². The first kappa shape index (κ1) is 16.2. The van der Waals surface area contributed by atoms with E-state index in [-0.39, 0.29) is 11.3 Å². The van der Waals surface area contributed by atoms with Crippen LogP contribution >= 0.6 is 0 Å². The van der Waals surface area contributed by atoms with Gasteiger partial charge in [0.15, 0.2) is 0 Å². The number of rotatable bonds is 2. The lowest BCUT2D eigenvalue weighted by atomic mass is 9.81. The highest BCUT2D eigenvalue weighted by atomic mass is 16.2. The number of nitrogens with zero attached hydrogens (tertiary/aromatic N) is 3. The average Bonchev–Trinajstić information content (AvgIpc) is 2.80. The Morgan fingerprint density at radius 3 is 2.27 bits per heavy atom. The molecule has 3 saturated heterocycles. The molecule has 1 amide bonds. The second kappa shape index (κ2) is 6.46. The molecule has 1 atom stereocenters. The van der Waals surface area contributed by atoms with E-state index in [2.05, 4.69) is 40.9 Å². The maximum Gasteiger partial charge on any atom is 0.227 e. The molecule has 0 saturated carbocycles. The van der Waals surface area contributed by atoms with E-state index < -0.39 is 0 Å². The Balaban J connectivity index is 1.53. The SMILES string of the molecule is CN1C[C@H](C(=O)N2CCN(C3CCNCC3)CC2)C(C)(C)C1. The molecule has 0 aromatic heterocycles. The van der Waals surface area contributed by atoms with Crippen LogP contribution in [-0.2, 0) is 4.79 Å². The van der Waals surface area contributed by atoms with E-state index in [9.17, 15) is 4.79 Å². The fraction of sp³-hybridized carbons (Fsp3) is 0.941. The van der Waals surface area contributed by atoms with Crippen molar-refractivity contribution in [2.45, 2.75) is 32.7 Å². The van der Waals surface area contributed by atoms with Gasteiger partial charge in [0, 0.05) is 45.3 Å². The van der Waals surface area contributed by atoms with Gasteiger partial charge in [0.05, 0.1) is 5.92 Å². The van der Waals surface area contributed by atoms with E-state index in [1.54, 1.807) is 0 Å². The lowest BCUT2D eigenvalue weighted by Crippen LogP contribution is -2.55. The topological polar surface area (TPSA) is 38.8 Å². The number of likely N-dealkylation sites (tertiary alicyclic amines) is 1. The summed E-state index contributed by atoms with van der Waals surface area (Å²) in [7, 11) is 2.13. The largest absolute Gasteiger partial charge is 0.340 e. The zero-order valence-corrected chi connectivity index (χ0v) is 14.5. The van der Waals surface area contributed by atoms with Gasteiger partial charge in [-0.15, -0.1) is 0 Å². The van der Waals surface area contributed by atoms with Gasteiger partial charge in [0.1, 0.15) is 0 Å². The highest BCUT2D eigenvalue weighted by Gasteiger charge is 2.44. The Bertz CT molecular complexity index is 397. The summed E-state index contributed by atoms with van der Waals surface area (Å²) in [4.78, 5) is 20.0. The summed E-state index contributed by atoms with van der Waals surface area (Å²) in [6.45, 7) is 12.7. The van der Waals surface area contributed by atoms with Crippen molar-refractivity contribution >= 4 is 5.91 Å². The minimum atomic E-state index is 0.109. The van der Waals surface area contributed by atoms with Crippen LogP contribution in [0.3, 0.4) is 0 Å². The van der Waals surface area contributed by atoms with Crippen molar-refractivity contribution in [1.82, 2.24) is 20.0 Å². The molecule has 3 rings (SSSR count). The summed E-state index contributed by atoms with van der Waals surface area (Å²) in [5.74, 6) is 0.558. The quantitative estimate of drug-likeness (QED) is 0.805. The number of carbonyl (C=O) groups is 1. The van der Waals surface area contributed by atoms with Gasteiger partial charge in [-0.2, -0.15) is 0 Å². The lowest BCUT2D eigenvalue weighted by Gasteiger charge is -2.42. The summed E-state index contributed by atoms with van der Waals surface area (Å²) >= 11 is 0. The molecule has 0 aromatic rings. The maximum absolute atomic E-state index is 12.9. The monoisotopic (exact) mass is 308 g/mol. The van der Waals surface area contributed by atoms with E-state index in [4.69, 9.17) is 0 Å². The van der Waals surface area contributed by atoms with Crippen LogP contribution in [0.2, 0.25) is 0 Å². The Morgan fingerprint density at radius 1 is 1.09 bits per heavy atom. The van der Waals surface area contributed by atoms with Crippen molar-refractivity contribution in [3.8, 4) is 0 Å². The van der Waals surface area contributed by atoms with Crippen molar-refractivity contribution in [1.29, 1.82) is 0 Å². The highest BCUT2D eigenvalue weighted by molar-refractivity contribution is 5.80. The van der Waals surface area contributed by atoms with E-state index in [0.717, 1.165) is 58.4 Å². The van der Waals surface area contributed by atoms with Crippen molar-refractivity contribution in [2.24, 2.45) is 11.3 Å². The standard InChI is InChI=1S/C17H32N4O/c1-17(2)13-19(3)12-15(17)16(22)21-10-8-20(9-11-21)14-4-6-18-7-5-14/h14-15,18H,4-13H2,1-3H3/t15-/m1/s1. The second-order valence-electron chi connectivity index (χ2n) is 8.08. The molecule has 0 aromatic carbocycles. The van der Waals surface area contributed by atoms with Gasteiger partial charge < -0.3 is 15.1 Å². The predicted octanol–water partition coefficient (Wildman–Crippen LogP) is 0.470. The smallest absolute Gasteiger partial charge is 0.227 e. The third kappa shape index (κ3) is 3.31. The van der Waals surface area contributed by atoms with Crippen LogP contribution in [-0.4, -0.2) is 86.1 Å². The van der Waals surface area contributed by atoms with Crippen LogP contribution in [0.5, 0.6) is 0 Å². The first-order valence-corrected chi connectivity index (χ1v) is 8.89. The summed E-state index contributed by atoms with van der Waals surface area (Å²) in [6.07, 6.45) is 2.52. The van der Waals surface area contributed by atoms with Crippen molar-refractivity contribution in [2.75, 3.05) is 59.4 Å². The minimum absolute atomic E-state index is 0.109. The van der Waals surface area contributed by atoms with Gasteiger partial charge in [-0.05, 0) is 38.4 Å². The van der Waals surface area contributed by atoms with Crippen LogP contribution in [0, 0.1) is 11.3 Å². The molecule has 3 heterocycles. The third-order valence-corrected chi connectivity index (χ3v) is 5.86. The molecule has 126 valence electrons. The zero-order valence-electron chi connectivity index (χ0n) is 14.5. The van der Waals surface area contributed by atoms with Gasteiger partial charge in [0.25, 0.3) is 0 Å². The summed E-state index contributed by atoms with van der Waals surface area (Å²) in [5, 5.41) is 3.44. The number of nitrogens with one attached hydrogen (secondary N) is 1. The molecular formula is C17H32N4O.